The number of allylic oxidation sites excluding steroid dienone is 4. The van der Waals surface area contributed by atoms with Crippen LogP contribution in [-0.2, 0) is 31.1 Å². The number of nitrogens with zero attached hydrogens (tertiary/aromatic N) is 2. The van der Waals surface area contributed by atoms with E-state index in [0.717, 1.165) is 33.9 Å². The second-order valence-electron chi connectivity index (χ2n) is 12.2. The van der Waals surface area contributed by atoms with E-state index in [2.05, 4.69) is 49.3 Å². The molecule has 0 fully saturated rings. The average molecular weight is 671 g/mol. The molecule has 0 spiro atoms. The summed E-state index contributed by atoms with van der Waals surface area (Å²) in [6.07, 6.45) is 7.97. The predicted molar refractivity (Wildman–Crippen MR) is 175 cm³/mol. The number of benzene rings is 2. The van der Waals surface area contributed by atoms with Crippen LogP contribution < -0.4 is 4.90 Å². The normalized spacial score (nSPS) is 18.6. The number of halogens is 2. The summed E-state index contributed by atoms with van der Waals surface area (Å²) in [6, 6.07) is 11.6. The van der Waals surface area contributed by atoms with Gasteiger partial charge in [-0.2, -0.15) is 21.4 Å². The predicted octanol–water partition coefficient (Wildman–Crippen LogP) is 6.94. The van der Waals surface area contributed by atoms with Crippen LogP contribution in [-0.4, -0.2) is 60.8 Å². The SMILES string of the molecule is CC1(C)C(C=C/C=C2/N(CCCCS(=O)(=O)O)c3ccc(Cl)cc3C2(C)C)=[N+](CCCCS(=O)(=O)O)c2ccc(Cl)cc21. The van der Waals surface area contributed by atoms with Crippen molar-refractivity contribution in [2.45, 2.75) is 64.2 Å². The Balaban J connectivity index is 1.69. The van der Waals surface area contributed by atoms with Gasteiger partial charge < -0.3 is 4.90 Å². The van der Waals surface area contributed by atoms with E-state index in [0.29, 0.717) is 48.8 Å². The standard InChI is InChI=1S/C31H38Cl2N2O6S2/c1-30(2)24-20-22(32)12-14-26(24)34(16-5-7-18-42(36,37)38)28(30)10-9-11-29-31(3,4)25-21-23(33)13-15-27(25)35(29)17-6-8-19-43(39,40)41/h9-15,20-21H,5-8,16-19H2,1-4H3,(H-,36,37,38,39,40,41)/p+1. The second-order valence-corrected chi connectivity index (χ2v) is 16.2. The zero-order chi connectivity index (χ0) is 31.8. The van der Waals surface area contributed by atoms with Gasteiger partial charge in [0, 0.05) is 57.5 Å². The van der Waals surface area contributed by atoms with E-state index < -0.39 is 20.2 Å². The zero-order valence-electron chi connectivity index (χ0n) is 24.8. The highest BCUT2D eigenvalue weighted by Crippen LogP contribution is 2.49. The van der Waals surface area contributed by atoms with Crippen molar-refractivity contribution in [3.63, 3.8) is 0 Å². The van der Waals surface area contributed by atoms with Gasteiger partial charge in [0.15, 0.2) is 5.71 Å². The van der Waals surface area contributed by atoms with Crippen molar-refractivity contribution in [2.75, 3.05) is 29.5 Å². The van der Waals surface area contributed by atoms with Crippen LogP contribution in [0.3, 0.4) is 0 Å². The second kappa shape index (κ2) is 12.7. The minimum atomic E-state index is -4.02. The lowest BCUT2D eigenvalue weighted by Crippen LogP contribution is -2.28. The Kier molecular flexibility index (Phi) is 9.91. The van der Waals surface area contributed by atoms with Gasteiger partial charge in [-0.15, -0.1) is 0 Å². The number of fused-ring (bicyclic) bond motifs is 2. The van der Waals surface area contributed by atoms with Crippen LogP contribution in [0, 0.1) is 0 Å². The molecule has 0 bridgehead atoms. The molecule has 0 saturated carbocycles. The van der Waals surface area contributed by atoms with E-state index in [1.54, 1.807) is 0 Å². The largest absolute Gasteiger partial charge is 0.344 e. The molecule has 12 heteroatoms. The summed E-state index contributed by atoms with van der Waals surface area (Å²) in [5, 5.41) is 1.28. The first-order valence-electron chi connectivity index (χ1n) is 14.2. The van der Waals surface area contributed by atoms with Gasteiger partial charge in [-0.05, 0) is 75.1 Å². The fourth-order valence-corrected chi connectivity index (χ4v) is 7.60. The molecule has 0 radical (unpaired) electrons. The Bertz CT molecular complexity index is 1710. The highest BCUT2D eigenvalue weighted by molar-refractivity contribution is 7.86. The van der Waals surface area contributed by atoms with E-state index >= 15 is 0 Å². The summed E-state index contributed by atoms with van der Waals surface area (Å²) in [5.74, 6) is -0.566. The first kappa shape index (κ1) is 33.7. The van der Waals surface area contributed by atoms with Crippen molar-refractivity contribution < 1.29 is 30.5 Å². The van der Waals surface area contributed by atoms with E-state index in [-0.39, 0.29) is 22.3 Å². The van der Waals surface area contributed by atoms with Gasteiger partial charge in [0.25, 0.3) is 20.2 Å². The molecule has 8 nitrogen and oxygen atoms in total. The molecule has 0 amide bonds. The van der Waals surface area contributed by atoms with Crippen molar-refractivity contribution in [1.82, 2.24) is 0 Å². The fraction of sp³-hybridized carbons (Fsp3) is 0.452. The van der Waals surface area contributed by atoms with Crippen LogP contribution in [0.15, 0.2) is 60.3 Å². The molecule has 2 aliphatic heterocycles. The van der Waals surface area contributed by atoms with Gasteiger partial charge in [0.1, 0.15) is 6.54 Å². The monoisotopic (exact) mass is 669 g/mol. The van der Waals surface area contributed by atoms with Crippen LogP contribution in [0.2, 0.25) is 10.0 Å². The van der Waals surface area contributed by atoms with Crippen LogP contribution in [0.4, 0.5) is 11.4 Å². The summed E-state index contributed by atoms with van der Waals surface area (Å²) in [4.78, 5) is 2.19. The highest BCUT2D eigenvalue weighted by Gasteiger charge is 2.44. The molecule has 0 saturated heterocycles. The van der Waals surface area contributed by atoms with Crippen molar-refractivity contribution in [3.05, 3.63) is 81.5 Å². The molecule has 2 aromatic rings. The Morgan fingerprint density at radius 2 is 1.40 bits per heavy atom. The highest BCUT2D eigenvalue weighted by atomic mass is 35.5. The van der Waals surface area contributed by atoms with E-state index in [4.69, 9.17) is 23.2 Å². The maximum absolute atomic E-state index is 11.3. The Labute approximate surface area is 265 Å². The van der Waals surface area contributed by atoms with Crippen LogP contribution in [0.25, 0.3) is 0 Å². The van der Waals surface area contributed by atoms with Gasteiger partial charge in [-0.1, -0.05) is 43.1 Å². The minimum Gasteiger partial charge on any atom is -0.344 e. The van der Waals surface area contributed by atoms with Crippen molar-refractivity contribution in [2.24, 2.45) is 0 Å². The van der Waals surface area contributed by atoms with Crippen LogP contribution in [0.1, 0.15) is 64.5 Å². The lowest BCUT2D eigenvalue weighted by Gasteiger charge is -2.27. The lowest BCUT2D eigenvalue weighted by molar-refractivity contribution is -0.438. The number of rotatable bonds is 12. The Hall–Kier alpha value is -2.21. The minimum absolute atomic E-state index is 0.283. The molecular weight excluding hydrogens is 631 g/mol. The number of anilines is 1. The smallest absolute Gasteiger partial charge is 0.264 e. The van der Waals surface area contributed by atoms with E-state index in [1.807, 2.05) is 42.5 Å². The summed E-state index contributed by atoms with van der Waals surface area (Å²) in [7, 11) is -8.05. The van der Waals surface area contributed by atoms with Gasteiger partial charge in [-0.3, -0.25) is 9.11 Å². The molecule has 2 aliphatic rings. The molecular formula is C31H39Cl2N2O6S2+. The van der Waals surface area contributed by atoms with E-state index in [9.17, 15) is 25.9 Å². The number of hydrogen-bond donors (Lipinski definition) is 2. The summed E-state index contributed by atoms with van der Waals surface area (Å²) in [5.41, 5.74) is 5.48. The molecule has 2 N–H and O–H groups in total. The Morgan fingerprint density at radius 3 is 2.02 bits per heavy atom. The Morgan fingerprint density at radius 1 is 0.814 bits per heavy atom. The average Bonchev–Trinajstić information content (AvgIpc) is 3.22. The third-order valence-electron chi connectivity index (χ3n) is 8.28. The van der Waals surface area contributed by atoms with Gasteiger partial charge in [-0.25, -0.2) is 0 Å². The summed E-state index contributed by atoms with van der Waals surface area (Å²) >= 11 is 12.8. The molecule has 4 rings (SSSR count). The van der Waals surface area contributed by atoms with Crippen molar-refractivity contribution in [3.8, 4) is 0 Å². The lowest BCUT2D eigenvalue weighted by atomic mass is 9.81. The zero-order valence-corrected chi connectivity index (χ0v) is 28.0. The maximum Gasteiger partial charge on any atom is 0.264 e. The van der Waals surface area contributed by atoms with Crippen LogP contribution >= 0.6 is 23.2 Å². The number of hydrogen-bond acceptors (Lipinski definition) is 5. The molecule has 43 heavy (non-hydrogen) atoms. The molecule has 0 atom stereocenters. The maximum atomic E-state index is 11.3. The van der Waals surface area contributed by atoms with Gasteiger partial charge in [0.2, 0.25) is 5.69 Å². The third-order valence-corrected chi connectivity index (χ3v) is 10.4. The molecule has 2 heterocycles. The number of unbranched alkanes of at least 4 members (excludes halogenated alkanes) is 2. The molecule has 0 unspecified atom stereocenters. The first-order valence-corrected chi connectivity index (χ1v) is 18.2. The molecule has 234 valence electrons. The van der Waals surface area contributed by atoms with Gasteiger partial charge >= 0.3 is 0 Å². The topological polar surface area (TPSA) is 115 Å². The first-order chi connectivity index (χ1) is 19.9. The summed E-state index contributed by atoms with van der Waals surface area (Å²) < 4.78 is 65.6. The third kappa shape index (κ3) is 7.72. The molecule has 0 aliphatic carbocycles. The van der Waals surface area contributed by atoms with Crippen LogP contribution in [0.5, 0.6) is 0 Å². The van der Waals surface area contributed by atoms with E-state index in [1.165, 1.54) is 0 Å². The molecule has 2 aromatic carbocycles. The van der Waals surface area contributed by atoms with Crippen molar-refractivity contribution in [1.29, 1.82) is 0 Å². The van der Waals surface area contributed by atoms with Crippen molar-refractivity contribution >= 4 is 60.5 Å². The fourth-order valence-electron chi connectivity index (χ4n) is 6.12. The molecule has 0 aromatic heterocycles. The summed E-state index contributed by atoms with van der Waals surface area (Å²) in [6.45, 7) is 9.66. The quantitative estimate of drug-likeness (QED) is 0.143. The van der Waals surface area contributed by atoms with Gasteiger partial charge in [0.05, 0.1) is 16.9 Å².